The van der Waals surface area contributed by atoms with Crippen molar-refractivity contribution in [2.75, 3.05) is 13.2 Å². The molecule has 0 aromatic heterocycles. The minimum Gasteiger partial charge on any atom is -0.484 e. The van der Waals surface area contributed by atoms with E-state index in [9.17, 15) is 9.59 Å². The summed E-state index contributed by atoms with van der Waals surface area (Å²) in [6, 6.07) is 12.1. The van der Waals surface area contributed by atoms with Crippen molar-refractivity contribution in [1.29, 1.82) is 0 Å². The maximum atomic E-state index is 11.7. The quantitative estimate of drug-likeness (QED) is 0.704. The van der Waals surface area contributed by atoms with E-state index in [1.54, 1.807) is 18.2 Å². The van der Waals surface area contributed by atoms with Crippen LogP contribution in [0.5, 0.6) is 11.5 Å². The first-order valence-electron chi connectivity index (χ1n) is 7.85. The largest absolute Gasteiger partial charge is 0.484 e. The molecule has 0 atom stereocenters. The highest BCUT2D eigenvalue weighted by atomic mass is 35.5. The molecular formula is C18H18Cl2N2O4. The number of hydrazine groups is 1. The number of aryl methyl sites for hydroxylation is 1. The van der Waals surface area contributed by atoms with Crippen molar-refractivity contribution >= 4 is 35.0 Å². The van der Waals surface area contributed by atoms with Gasteiger partial charge >= 0.3 is 0 Å². The minimum absolute atomic E-state index is 0.225. The highest BCUT2D eigenvalue weighted by Crippen LogP contribution is 2.27. The number of ether oxygens (including phenoxy) is 2. The first-order chi connectivity index (χ1) is 12.5. The molecule has 2 N–H and O–H groups in total. The van der Waals surface area contributed by atoms with Gasteiger partial charge < -0.3 is 9.47 Å². The number of carbonyl (C=O) groups excluding carboxylic acids is 2. The van der Waals surface area contributed by atoms with E-state index in [4.69, 9.17) is 32.7 Å². The van der Waals surface area contributed by atoms with Gasteiger partial charge in [-0.2, -0.15) is 0 Å². The van der Waals surface area contributed by atoms with Crippen LogP contribution in [0.15, 0.2) is 42.5 Å². The molecule has 0 saturated carbocycles. The molecule has 0 radical (unpaired) electrons. The van der Waals surface area contributed by atoms with Gasteiger partial charge in [0.1, 0.15) is 11.5 Å². The zero-order chi connectivity index (χ0) is 18.9. The standard InChI is InChI=1S/C18H18Cl2N2O4/c1-2-12-4-3-5-14(8-12)25-10-17(23)21-22-18(24)11-26-16-7-6-13(19)9-15(16)20/h3-9H,2,10-11H2,1H3,(H,21,23)(H,22,24). The number of amides is 2. The average molecular weight is 397 g/mol. The Balaban J connectivity index is 1.70. The van der Waals surface area contributed by atoms with Crippen LogP contribution in [-0.2, 0) is 16.0 Å². The lowest BCUT2D eigenvalue weighted by molar-refractivity contribution is -0.131. The predicted molar refractivity (Wildman–Crippen MR) is 99.6 cm³/mol. The molecular weight excluding hydrogens is 379 g/mol. The summed E-state index contributed by atoms with van der Waals surface area (Å²) in [5.41, 5.74) is 5.58. The zero-order valence-corrected chi connectivity index (χ0v) is 15.6. The number of carbonyl (C=O) groups is 2. The van der Waals surface area contributed by atoms with Crippen LogP contribution in [0.2, 0.25) is 10.0 Å². The van der Waals surface area contributed by atoms with Gasteiger partial charge in [0.25, 0.3) is 11.8 Å². The molecule has 0 spiro atoms. The second-order valence-electron chi connectivity index (χ2n) is 5.25. The van der Waals surface area contributed by atoms with Crippen molar-refractivity contribution in [3.63, 3.8) is 0 Å². The molecule has 2 aromatic rings. The van der Waals surface area contributed by atoms with Crippen molar-refractivity contribution in [2.24, 2.45) is 0 Å². The fraction of sp³-hybridized carbons (Fsp3) is 0.222. The number of benzene rings is 2. The molecule has 6 nitrogen and oxygen atoms in total. The summed E-state index contributed by atoms with van der Waals surface area (Å²) in [5.74, 6) is -0.134. The van der Waals surface area contributed by atoms with Gasteiger partial charge in [-0.3, -0.25) is 20.4 Å². The molecule has 138 valence electrons. The van der Waals surface area contributed by atoms with E-state index >= 15 is 0 Å². The lowest BCUT2D eigenvalue weighted by Crippen LogP contribution is -2.45. The maximum absolute atomic E-state index is 11.7. The molecule has 0 saturated heterocycles. The third kappa shape index (κ3) is 6.46. The van der Waals surface area contributed by atoms with Crippen molar-refractivity contribution < 1.29 is 19.1 Å². The van der Waals surface area contributed by atoms with Crippen LogP contribution in [0, 0.1) is 0 Å². The maximum Gasteiger partial charge on any atom is 0.276 e. The van der Waals surface area contributed by atoms with Crippen LogP contribution in [0.4, 0.5) is 0 Å². The third-order valence-corrected chi connectivity index (χ3v) is 3.80. The van der Waals surface area contributed by atoms with Gasteiger partial charge in [0.15, 0.2) is 13.2 Å². The Labute approximate surface area is 161 Å². The van der Waals surface area contributed by atoms with Crippen molar-refractivity contribution in [3.8, 4) is 11.5 Å². The molecule has 2 rings (SSSR count). The van der Waals surface area contributed by atoms with E-state index < -0.39 is 11.8 Å². The van der Waals surface area contributed by atoms with Gasteiger partial charge in [-0.15, -0.1) is 0 Å². The van der Waals surface area contributed by atoms with Crippen LogP contribution in [0.25, 0.3) is 0 Å². The van der Waals surface area contributed by atoms with E-state index in [2.05, 4.69) is 10.9 Å². The predicted octanol–water partition coefficient (Wildman–Crippen LogP) is 3.16. The average Bonchev–Trinajstić information content (AvgIpc) is 2.64. The fourth-order valence-electron chi connectivity index (χ4n) is 1.95. The molecule has 2 aromatic carbocycles. The van der Waals surface area contributed by atoms with Crippen molar-refractivity contribution in [2.45, 2.75) is 13.3 Å². The molecule has 0 unspecified atom stereocenters. The number of nitrogens with one attached hydrogen (secondary N) is 2. The van der Waals surface area contributed by atoms with E-state index in [0.717, 1.165) is 12.0 Å². The summed E-state index contributed by atoms with van der Waals surface area (Å²) >= 11 is 11.7. The Bertz CT molecular complexity index is 784. The van der Waals surface area contributed by atoms with Crippen molar-refractivity contribution in [3.05, 3.63) is 58.1 Å². The Kier molecular flexibility index (Phi) is 7.56. The van der Waals surface area contributed by atoms with Gasteiger partial charge in [-0.05, 0) is 42.3 Å². The molecule has 0 aliphatic heterocycles. The van der Waals surface area contributed by atoms with Crippen LogP contribution >= 0.6 is 23.2 Å². The monoisotopic (exact) mass is 396 g/mol. The second kappa shape index (κ2) is 9.89. The van der Waals surface area contributed by atoms with E-state index in [1.807, 2.05) is 25.1 Å². The summed E-state index contributed by atoms with van der Waals surface area (Å²) < 4.78 is 10.6. The van der Waals surface area contributed by atoms with Gasteiger partial charge in [0.2, 0.25) is 0 Å². The summed E-state index contributed by atoms with van der Waals surface area (Å²) in [4.78, 5) is 23.4. The Hall–Kier alpha value is -2.44. The number of halogens is 2. The third-order valence-electron chi connectivity index (χ3n) is 3.27. The topological polar surface area (TPSA) is 76.7 Å². The first-order valence-corrected chi connectivity index (χ1v) is 8.60. The summed E-state index contributed by atoms with van der Waals surface area (Å²) in [7, 11) is 0. The Morgan fingerprint density at radius 1 is 0.962 bits per heavy atom. The molecule has 0 bridgehead atoms. The SMILES string of the molecule is CCc1cccc(OCC(=O)NNC(=O)COc2ccc(Cl)cc2Cl)c1. The molecule has 0 heterocycles. The van der Waals surface area contributed by atoms with Gasteiger partial charge in [-0.1, -0.05) is 42.3 Å². The van der Waals surface area contributed by atoms with Gasteiger partial charge in [0, 0.05) is 5.02 Å². The van der Waals surface area contributed by atoms with Crippen LogP contribution < -0.4 is 20.3 Å². The fourth-order valence-corrected chi connectivity index (χ4v) is 2.41. The Morgan fingerprint density at radius 2 is 1.65 bits per heavy atom. The van der Waals surface area contributed by atoms with E-state index in [0.29, 0.717) is 16.5 Å². The van der Waals surface area contributed by atoms with E-state index in [1.165, 1.54) is 6.07 Å². The van der Waals surface area contributed by atoms with Gasteiger partial charge in [0.05, 0.1) is 5.02 Å². The zero-order valence-electron chi connectivity index (χ0n) is 14.1. The smallest absolute Gasteiger partial charge is 0.276 e. The Morgan fingerprint density at radius 3 is 2.31 bits per heavy atom. The highest BCUT2D eigenvalue weighted by molar-refractivity contribution is 6.35. The van der Waals surface area contributed by atoms with Crippen molar-refractivity contribution in [1.82, 2.24) is 10.9 Å². The number of hydrogen-bond acceptors (Lipinski definition) is 4. The van der Waals surface area contributed by atoms with Crippen LogP contribution in [0.3, 0.4) is 0 Å². The lowest BCUT2D eigenvalue weighted by Gasteiger charge is -2.11. The summed E-state index contributed by atoms with van der Waals surface area (Å²) in [5, 5.41) is 0.751. The molecule has 0 fully saturated rings. The normalized spacial score (nSPS) is 10.1. The van der Waals surface area contributed by atoms with Crippen LogP contribution in [0.1, 0.15) is 12.5 Å². The second-order valence-corrected chi connectivity index (χ2v) is 6.09. The molecule has 26 heavy (non-hydrogen) atoms. The molecule has 0 aliphatic carbocycles. The molecule has 2 amide bonds. The minimum atomic E-state index is -0.544. The number of rotatable bonds is 7. The summed E-state index contributed by atoms with van der Waals surface area (Å²) in [6.07, 6.45) is 0.872. The highest BCUT2D eigenvalue weighted by Gasteiger charge is 2.08. The lowest BCUT2D eigenvalue weighted by atomic mass is 10.2. The first kappa shape index (κ1) is 19.9. The number of hydrogen-bond donors (Lipinski definition) is 2. The summed E-state index contributed by atoms with van der Waals surface area (Å²) in [6.45, 7) is 1.49. The molecule has 8 heteroatoms. The van der Waals surface area contributed by atoms with E-state index in [-0.39, 0.29) is 18.2 Å². The van der Waals surface area contributed by atoms with Gasteiger partial charge in [-0.25, -0.2) is 0 Å². The molecule has 0 aliphatic rings. The van der Waals surface area contributed by atoms with Crippen LogP contribution in [-0.4, -0.2) is 25.0 Å².